The third kappa shape index (κ3) is 3.43. The second kappa shape index (κ2) is 7.26. The Morgan fingerprint density at radius 2 is 2.12 bits per heavy atom. The van der Waals surface area contributed by atoms with Gasteiger partial charge in [-0.25, -0.2) is 15.0 Å². The van der Waals surface area contributed by atoms with Gasteiger partial charge in [0, 0.05) is 12.4 Å². The van der Waals surface area contributed by atoms with Gasteiger partial charge < -0.3 is 0 Å². The number of fused-ring (bicyclic) bond motifs is 1. The summed E-state index contributed by atoms with van der Waals surface area (Å²) in [6, 6.07) is 6.13. The minimum absolute atomic E-state index is 0.832. The molecule has 126 valence electrons. The number of hydrogen-bond donors (Lipinski definition) is 0. The van der Waals surface area contributed by atoms with Crippen LogP contribution in [0.5, 0.6) is 0 Å². The minimum atomic E-state index is 0.832. The number of aryl methyl sites for hydroxylation is 1. The van der Waals surface area contributed by atoms with Gasteiger partial charge in [-0.3, -0.25) is 4.40 Å². The van der Waals surface area contributed by atoms with E-state index in [1.807, 2.05) is 25.1 Å². The van der Waals surface area contributed by atoms with Crippen LogP contribution in [0.25, 0.3) is 22.6 Å². The molecule has 0 saturated heterocycles. The van der Waals surface area contributed by atoms with E-state index in [2.05, 4.69) is 59.2 Å². The monoisotopic (exact) mass is 330 g/mol. The lowest BCUT2D eigenvalue weighted by Gasteiger charge is -2.05. The average molecular weight is 330 g/mol. The van der Waals surface area contributed by atoms with E-state index in [0.717, 1.165) is 34.7 Å². The normalized spacial score (nSPS) is 12.2. The fourth-order valence-electron chi connectivity index (χ4n) is 2.61. The zero-order valence-electron chi connectivity index (χ0n) is 14.9. The van der Waals surface area contributed by atoms with Crippen molar-refractivity contribution in [3.05, 3.63) is 78.6 Å². The van der Waals surface area contributed by atoms with Crippen LogP contribution < -0.4 is 0 Å². The van der Waals surface area contributed by atoms with Gasteiger partial charge in [0.25, 0.3) is 0 Å². The van der Waals surface area contributed by atoms with Gasteiger partial charge in [0.05, 0.1) is 17.1 Å². The number of imidazole rings is 1. The molecule has 0 fully saturated rings. The standard InChI is InChI=1S/C21H22N4/c1-5-15(3)7-8-16(4)20-21(18-9-11-22-14-23-18)25-12-10-17(6-2)13-19(25)24-20/h5,7-14H,4,6H2,1-3H3/b8-7-,15-5-. The number of aromatic nitrogens is 4. The van der Waals surface area contributed by atoms with E-state index in [9.17, 15) is 0 Å². The van der Waals surface area contributed by atoms with E-state index < -0.39 is 0 Å². The highest BCUT2D eigenvalue weighted by atomic mass is 15.0. The van der Waals surface area contributed by atoms with Crippen molar-refractivity contribution in [3.63, 3.8) is 0 Å². The molecule has 0 saturated carbocycles. The van der Waals surface area contributed by atoms with Crippen LogP contribution in [0.1, 0.15) is 32.0 Å². The predicted octanol–water partition coefficient (Wildman–Crippen LogP) is 4.89. The van der Waals surface area contributed by atoms with Gasteiger partial charge in [-0.05, 0) is 49.6 Å². The van der Waals surface area contributed by atoms with E-state index >= 15 is 0 Å². The summed E-state index contributed by atoms with van der Waals surface area (Å²) in [4.78, 5) is 13.3. The third-order valence-electron chi connectivity index (χ3n) is 4.23. The lowest BCUT2D eigenvalue weighted by Crippen LogP contribution is -1.94. The molecule has 0 N–H and O–H groups in total. The molecule has 0 amide bonds. The molecular weight excluding hydrogens is 308 g/mol. The zero-order chi connectivity index (χ0) is 17.8. The Bertz CT molecular complexity index is 962. The fraction of sp³-hybridized carbons (Fsp3) is 0.190. The van der Waals surface area contributed by atoms with Crippen molar-refractivity contribution < 1.29 is 0 Å². The van der Waals surface area contributed by atoms with Crippen LogP contribution in [0, 0.1) is 0 Å². The van der Waals surface area contributed by atoms with Crippen molar-refractivity contribution >= 4 is 11.2 Å². The van der Waals surface area contributed by atoms with E-state index in [4.69, 9.17) is 4.98 Å². The molecule has 0 atom stereocenters. The molecule has 0 aliphatic heterocycles. The summed E-state index contributed by atoms with van der Waals surface area (Å²) in [5, 5.41) is 0. The molecule has 0 bridgehead atoms. The maximum absolute atomic E-state index is 4.83. The minimum Gasteiger partial charge on any atom is -0.298 e. The van der Waals surface area contributed by atoms with E-state index in [-0.39, 0.29) is 0 Å². The fourth-order valence-corrected chi connectivity index (χ4v) is 2.61. The molecule has 4 heteroatoms. The molecule has 0 aromatic carbocycles. The predicted molar refractivity (Wildman–Crippen MR) is 103 cm³/mol. The first-order chi connectivity index (χ1) is 12.1. The number of hydrogen-bond acceptors (Lipinski definition) is 3. The highest BCUT2D eigenvalue weighted by molar-refractivity contribution is 5.82. The molecular formula is C21H22N4. The quantitative estimate of drug-likeness (QED) is 0.626. The molecule has 0 aliphatic carbocycles. The molecule has 0 radical (unpaired) electrons. The molecule has 0 spiro atoms. The first-order valence-electron chi connectivity index (χ1n) is 8.41. The molecule has 4 nitrogen and oxygen atoms in total. The van der Waals surface area contributed by atoms with Crippen LogP contribution in [-0.4, -0.2) is 19.4 Å². The number of allylic oxidation sites excluding steroid dienone is 5. The Kier molecular flexibility index (Phi) is 4.89. The summed E-state index contributed by atoms with van der Waals surface area (Å²) in [6.07, 6.45) is 12.4. The van der Waals surface area contributed by atoms with Gasteiger partial charge in [0.15, 0.2) is 0 Å². The lowest BCUT2D eigenvalue weighted by atomic mass is 10.1. The van der Waals surface area contributed by atoms with Gasteiger partial charge in [0.1, 0.15) is 12.0 Å². The Labute approximate surface area is 148 Å². The maximum atomic E-state index is 4.83. The van der Waals surface area contributed by atoms with Crippen LogP contribution in [0.2, 0.25) is 0 Å². The van der Waals surface area contributed by atoms with Gasteiger partial charge >= 0.3 is 0 Å². The molecule has 25 heavy (non-hydrogen) atoms. The Morgan fingerprint density at radius 1 is 1.28 bits per heavy atom. The van der Waals surface area contributed by atoms with Crippen LogP contribution in [0.4, 0.5) is 0 Å². The first-order valence-corrected chi connectivity index (χ1v) is 8.41. The first kappa shape index (κ1) is 16.8. The molecule has 3 aromatic heterocycles. The van der Waals surface area contributed by atoms with Crippen molar-refractivity contribution in [2.45, 2.75) is 27.2 Å². The summed E-state index contributed by atoms with van der Waals surface area (Å²) >= 11 is 0. The molecule has 3 heterocycles. The van der Waals surface area contributed by atoms with Crippen LogP contribution in [-0.2, 0) is 6.42 Å². The molecule has 3 rings (SSSR count). The summed E-state index contributed by atoms with van der Waals surface area (Å²) in [6.45, 7) is 10.4. The Morgan fingerprint density at radius 3 is 2.80 bits per heavy atom. The van der Waals surface area contributed by atoms with Crippen molar-refractivity contribution in [2.75, 3.05) is 0 Å². The summed E-state index contributed by atoms with van der Waals surface area (Å²) < 4.78 is 2.07. The van der Waals surface area contributed by atoms with Crippen LogP contribution in [0.15, 0.2) is 67.3 Å². The van der Waals surface area contributed by atoms with Gasteiger partial charge in [-0.15, -0.1) is 0 Å². The van der Waals surface area contributed by atoms with Gasteiger partial charge in [-0.1, -0.05) is 37.3 Å². The van der Waals surface area contributed by atoms with Crippen molar-refractivity contribution in [2.24, 2.45) is 0 Å². The second-order valence-electron chi connectivity index (χ2n) is 5.91. The SMILES string of the molecule is C=C(/C=C\C(C)=C/C)c1nc2cc(CC)ccn2c1-c1ccncn1. The van der Waals surface area contributed by atoms with E-state index in [0.29, 0.717) is 0 Å². The maximum Gasteiger partial charge on any atom is 0.138 e. The number of nitrogens with zero attached hydrogens (tertiary/aromatic N) is 4. The molecule has 3 aromatic rings. The van der Waals surface area contributed by atoms with E-state index in [1.54, 1.807) is 12.5 Å². The summed E-state index contributed by atoms with van der Waals surface area (Å²) in [7, 11) is 0. The smallest absolute Gasteiger partial charge is 0.138 e. The second-order valence-corrected chi connectivity index (χ2v) is 5.91. The zero-order valence-corrected chi connectivity index (χ0v) is 14.9. The van der Waals surface area contributed by atoms with Gasteiger partial charge in [-0.2, -0.15) is 0 Å². The largest absolute Gasteiger partial charge is 0.298 e. The summed E-state index contributed by atoms with van der Waals surface area (Å²) in [5.74, 6) is 0. The number of rotatable bonds is 5. The highest BCUT2D eigenvalue weighted by Crippen LogP contribution is 2.29. The van der Waals surface area contributed by atoms with E-state index in [1.165, 1.54) is 11.1 Å². The summed E-state index contributed by atoms with van der Waals surface area (Å²) in [5.41, 5.74) is 6.81. The highest BCUT2D eigenvalue weighted by Gasteiger charge is 2.16. The Balaban J connectivity index is 2.19. The lowest BCUT2D eigenvalue weighted by molar-refractivity contribution is 1.09. The van der Waals surface area contributed by atoms with Crippen molar-refractivity contribution in [1.82, 2.24) is 19.4 Å². The Hall–Kier alpha value is -3.01. The van der Waals surface area contributed by atoms with Crippen molar-refractivity contribution in [1.29, 1.82) is 0 Å². The molecule has 0 aliphatic rings. The van der Waals surface area contributed by atoms with Crippen molar-refractivity contribution in [3.8, 4) is 11.4 Å². The van der Waals surface area contributed by atoms with Crippen LogP contribution in [0.3, 0.4) is 0 Å². The molecule has 0 unspecified atom stereocenters. The third-order valence-corrected chi connectivity index (χ3v) is 4.23. The average Bonchev–Trinajstić information content (AvgIpc) is 3.05. The topological polar surface area (TPSA) is 43.1 Å². The van der Waals surface area contributed by atoms with Crippen LogP contribution >= 0.6 is 0 Å². The van der Waals surface area contributed by atoms with Gasteiger partial charge in [0.2, 0.25) is 0 Å². The number of pyridine rings is 1.